The standard InChI is InChI=1S/C16H19N3O5S/c1-4-24-15-7-12(13(19(21)22)8-14(15)23-3)16(20)17-6-5-11-9-25-10(2)18-11/h7-9H,4-6H2,1-3H3,(H,17,20). The monoisotopic (exact) mass is 365 g/mol. The average molecular weight is 365 g/mol. The number of nitrogens with one attached hydrogen (secondary N) is 1. The van der Waals surface area contributed by atoms with Gasteiger partial charge < -0.3 is 14.8 Å². The first kappa shape index (κ1) is 18.7. The van der Waals surface area contributed by atoms with Crippen LogP contribution in [0.5, 0.6) is 11.5 Å². The molecule has 2 rings (SSSR count). The predicted octanol–water partition coefficient (Wildman–Crippen LogP) is 2.74. The summed E-state index contributed by atoms with van der Waals surface area (Å²) in [4.78, 5) is 27.4. The first-order chi connectivity index (χ1) is 12.0. The van der Waals surface area contributed by atoms with Crippen molar-refractivity contribution in [1.29, 1.82) is 0 Å². The summed E-state index contributed by atoms with van der Waals surface area (Å²) in [6.07, 6.45) is 0.554. The zero-order valence-electron chi connectivity index (χ0n) is 14.2. The maximum Gasteiger partial charge on any atom is 0.286 e. The van der Waals surface area contributed by atoms with E-state index in [1.807, 2.05) is 12.3 Å². The predicted molar refractivity (Wildman–Crippen MR) is 93.7 cm³/mol. The Morgan fingerprint density at radius 1 is 1.40 bits per heavy atom. The van der Waals surface area contributed by atoms with Crippen LogP contribution in [0.2, 0.25) is 0 Å². The minimum Gasteiger partial charge on any atom is -0.493 e. The number of benzene rings is 1. The molecule has 0 atom stereocenters. The third-order valence-corrected chi connectivity index (χ3v) is 4.18. The molecule has 1 aromatic carbocycles. The number of rotatable bonds is 8. The zero-order valence-corrected chi connectivity index (χ0v) is 15.0. The van der Waals surface area contributed by atoms with Gasteiger partial charge in [0, 0.05) is 24.4 Å². The number of amides is 1. The van der Waals surface area contributed by atoms with Crippen molar-refractivity contribution in [2.75, 3.05) is 20.3 Å². The van der Waals surface area contributed by atoms with Crippen LogP contribution in [0.3, 0.4) is 0 Å². The van der Waals surface area contributed by atoms with Crippen molar-refractivity contribution >= 4 is 22.9 Å². The fourth-order valence-corrected chi connectivity index (χ4v) is 2.88. The van der Waals surface area contributed by atoms with Crippen molar-refractivity contribution in [2.45, 2.75) is 20.3 Å². The van der Waals surface area contributed by atoms with E-state index in [1.54, 1.807) is 6.92 Å². The highest BCUT2D eigenvalue weighted by molar-refractivity contribution is 7.09. The normalized spacial score (nSPS) is 10.4. The number of carbonyl (C=O) groups is 1. The molecule has 0 radical (unpaired) electrons. The molecule has 134 valence electrons. The molecule has 8 nitrogen and oxygen atoms in total. The molecule has 0 fully saturated rings. The van der Waals surface area contributed by atoms with Crippen molar-refractivity contribution in [2.24, 2.45) is 0 Å². The number of nitro groups is 1. The van der Waals surface area contributed by atoms with E-state index in [-0.39, 0.29) is 22.7 Å². The third-order valence-electron chi connectivity index (χ3n) is 3.36. The van der Waals surface area contributed by atoms with Crippen LogP contribution in [0.1, 0.15) is 28.0 Å². The Balaban J connectivity index is 2.18. The molecule has 1 N–H and O–H groups in total. The Kier molecular flexibility index (Phi) is 6.29. The van der Waals surface area contributed by atoms with E-state index in [4.69, 9.17) is 9.47 Å². The van der Waals surface area contributed by atoms with Gasteiger partial charge in [0.05, 0.1) is 35.4 Å². The molecule has 0 unspecified atom stereocenters. The Morgan fingerprint density at radius 2 is 2.16 bits per heavy atom. The molecule has 25 heavy (non-hydrogen) atoms. The lowest BCUT2D eigenvalue weighted by Crippen LogP contribution is -2.26. The summed E-state index contributed by atoms with van der Waals surface area (Å²) in [5.74, 6) is -0.0406. The van der Waals surface area contributed by atoms with Gasteiger partial charge in [0.25, 0.3) is 11.6 Å². The van der Waals surface area contributed by atoms with Crippen LogP contribution in [-0.4, -0.2) is 36.1 Å². The van der Waals surface area contributed by atoms with E-state index >= 15 is 0 Å². The third kappa shape index (κ3) is 4.66. The van der Waals surface area contributed by atoms with E-state index in [1.165, 1.54) is 30.6 Å². The van der Waals surface area contributed by atoms with Crippen LogP contribution in [0.4, 0.5) is 5.69 Å². The molecule has 9 heteroatoms. The Morgan fingerprint density at radius 3 is 2.72 bits per heavy atom. The molecule has 0 bridgehead atoms. The van der Waals surface area contributed by atoms with Gasteiger partial charge in [-0.05, 0) is 13.8 Å². The van der Waals surface area contributed by atoms with Gasteiger partial charge in [0.15, 0.2) is 11.5 Å². The minimum atomic E-state index is -0.614. The van der Waals surface area contributed by atoms with Crippen LogP contribution in [-0.2, 0) is 6.42 Å². The SMILES string of the molecule is CCOc1cc(C(=O)NCCc2csc(C)n2)c([N+](=O)[O-])cc1OC. The van der Waals surface area contributed by atoms with Crippen molar-refractivity contribution < 1.29 is 19.2 Å². The number of aryl methyl sites for hydroxylation is 1. The Bertz CT molecular complexity index is 775. The maximum absolute atomic E-state index is 12.4. The lowest BCUT2D eigenvalue weighted by molar-refractivity contribution is -0.385. The van der Waals surface area contributed by atoms with Crippen LogP contribution < -0.4 is 14.8 Å². The molecule has 1 heterocycles. The molecule has 0 aliphatic carbocycles. The number of ether oxygens (including phenoxy) is 2. The number of carbonyl (C=O) groups excluding carboxylic acids is 1. The van der Waals surface area contributed by atoms with Gasteiger partial charge in [-0.3, -0.25) is 14.9 Å². The van der Waals surface area contributed by atoms with Gasteiger partial charge in [-0.2, -0.15) is 0 Å². The number of nitrogens with zero attached hydrogens (tertiary/aromatic N) is 2. The summed E-state index contributed by atoms with van der Waals surface area (Å²) in [7, 11) is 1.39. The van der Waals surface area contributed by atoms with E-state index in [0.717, 1.165) is 10.7 Å². The summed E-state index contributed by atoms with van der Waals surface area (Å²) in [5.41, 5.74) is 0.480. The molecule has 1 amide bonds. The lowest BCUT2D eigenvalue weighted by Gasteiger charge is -2.12. The molecular weight excluding hydrogens is 346 g/mol. The second kappa shape index (κ2) is 8.43. The Hall–Kier alpha value is -2.68. The number of nitro benzene ring substituents is 1. The first-order valence-corrected chi connectivity index (χ1v) is 8.52. The van der Waals surface area contributed by atoms with E-state index in [2.05, 4.69) is 10.3 Å². The first-order valence-electron chi connectivity index (χ1n) is 7.64. The van der Waals surface area contributed by atoms with Crippen LogP contribution in [0.15, 0.2) is 17.5 Å². The summed E-state index contributed by atoms with van der Waals surface area (Å²) in [6, 6.07) is 2.53. The largest absolute Gasteiger partial charge is 0.493 e. The summed E-state index contributed by atoms with van der Waals surface area (Å²) in [6.45, 7) is 4.35. The summed E-state index contributed by atoms with van der Waals surface area (Å²) < 4.78 is 10.5. The molecule has 1 aromatic heterocycles. The zero-order chi connectivity index (χ0) is 18.4. The number of aromatic nitrogens is 1. The van der Waals surface area contributed by atoms with Crippen LogP contribution in [0.25, 0.3) is 0 Å². The molecule has 0 saturated carbocycles. The van der Waals surface area contributed by atoms with Gasteiger partial charge in [-0.25, -0.2) is 4.98 Å². The molecule has 2 aromatic rings. The van der Waals surface area contributed by atoms with Crippen molar-refractivity contribution in [3.63, 3.8) is 0 Å². The fourth-order valence-electron chi connectivity index (χ4n) is 2.23. The quantitative estimate of drug-likeness (QED) is 0.570. The molecule has 0 spiro atoms. The van der Waals surface area contributed by atoms with Gasteiger partial charge in [-0.1, -0.05) is 0 Å². The average Bonchev–Trinajstić information content (AvgIpc) is 2.99. The van der Waals surface area contributed by atoms with Crippen LogP contribution in [0, 0.1) is 17.0 Å². The van der Waals surface area contributed by atoms with E-state index < -0.39 is 10.8 Å². The summed E-state index contributed by atoms with van der Waals surface area (Å²) >= 11 is 1.53. The summed E-state index contributed by atoms with van der Waals surface area (Å²) in [5, 5.41) is 16.8. The van der Waals surface area contributed by atoms with Crippen molar-refractivity contribution in [1.82, 2.24) is 10.3 Å². The lowest BCUT2D eigenvalue weighted by atomic mass is 10.1. The molecular formula is C16H19N3O5S. The number of hydrogen-bond acceptors (Lipinski definition) is 7. The van der Waals surface area contributed by atoms with Crippen molar-refractivity contribution in [3.05, 3.63) is 43.9 Å². The highest BCUT2D eigenvalue weighted by atomic mass is 32.1. The molecule has 0 saturated heterocycles. The van der Waals surface area contributed by atoms with E-state index in [9.17, 15) is 14.9 Å². The van der Waals surface area contributed by atoms with Gasteiger partial charge in [0.1, 0.15) is 5.56 Å². The number of hydrogen-bond donors (Lipinski definition) is 1. The number of thiazole rings is 1. The second-order valence-electron chi connectivity index (χ2n) is 5.07. The topological polar surface area (TPSA) is 104 Å². The number of methoxy groups -OCH3 is 1. The van der Waals surface area contributed by atoms with Gasteiger partial charge >= 0.3 is 0 Å². The molecule has 0 aliphatic rings. The fraction of sp³-hybridized carbons (Fsp3) is 0.375. The maximum atomic E-state index is 12.4. The van der Waals surface area contributed by atoms with Crippen LogP contribution >= 0.6 is 11.3 Å². The highest BCUT2D eigenvalue weighted by Gasteiger charge is 2.24. The van der Waals surface area contributed by atoms with E-state index in [0.29, 0.717) is 19.6 Å². The second-order valence-corrected chi connectivity index (χ2v) is 6.14. The minimum absolute atomic E-state index is 0.0660. The van der Waals surface area contributed by atoms with Gasteiger partial charge in [0.2, 0.25) is 0 Å². The van der Waals surface area contributed by atoms with Gasteiger partial charge in [-0.15, -0.1) is 11.3 Å². The highest BCUT2D eigenvalue weighted by Crippen LogP contribution is 2.34. The molecule has 0 aliphatic heterocycles. The smallest absolute Gasteiger partial charge is 0.286 e. The van der Waals surface area contributed by atoms with Crippen molar-refractivity contribution in [3.8, 4) is 11.5 Å². The Labute approximate surface area is 148 Å².